The summed E-state index contributed by atoms with van der Waals surface area (Å²) in [5.74, 6) is 0.707. The van der Waals surface area contributed by atoms with Crippen molar-refractivity contribution >= 4 is 37.5 Å². The first kappa shape index (κ1) is 21.2. The summed E-state index contributed by atoms with van der Waals surface area (Å²) in [7, 11) is -2.28. The number of amides is 1. The number of carbonyl (C=O) groups excluding carboxylic acids is 1. The standard InChI is InChI=1S/C18H21BrN2O5S/c1-13(22)21-15-5-3-6-16(12-15)26-10-4-9-20-27(23,24)18-11-14(19)7-8-17(18)25-2/h3,5-8,11-12,20H,4,9-10H2,1-2H3,(H,21,22). The van der Waals surface area contributed by atoms with Crippen LogP contribution in [0.5, 0.6) is 11.5 Å². The number of sulfonamides is 1. The van der Waals surface area contributed by atoms with Gasteiger partial charge in [0, 0.05) is 29.7 Å². The topological polar surface area (TPSA) is 93.7 Å². The average molecular weight is 457 g/mol. The van der Waals surface area contributed by atoms with Gasteiger partial charge in [-0.2, -0.15) is 0 Å². The fourth-order valence-corrected chi connectivity index (χ4v) is 4.05. The van der Waals surface area contributed by atoms with Gasteiger partial charge in [0.25, 0.3) is 0 Å². The van der Waals surface area contributed by atoms with Gasteiger partial charge in [-0.05, 0) is 36.8 Å². The van der Waals surface area contributed by atoms with Crippen molar-refractivity contribution in [1.82, 2.24) is 4.72 Å². The Labute approximate surface area is 167 Å². The van der Waals surface area contributed by atoms with Gasteiger partial charge in [-0.25, -0.2) is 13.1 Å². The third-order valence-electron chi connectivity index (χ3n) is 3.45. The van der Waals surface area contributed by atoms with Crippen LogP contribution in [0.15, 0.2) is 51.8 Å². The molecule has 7 nitrogen and oxygen atoms in total. The van der Waals surface area contributed by atoms with Crippen molar-refractivity contribution in [2.75, 3.05) is 25.6 Å². The van der Waals surface area contributed by atoms with Crippen LogP contribution in [0.25, 0.3) is 0 Å². The lowest BCUT2D eigenvalue weighted by Gasteiger charge is -2.12. The van der Waals surface area contributed by atoms with E-state index in [4.69, 9.17) is 9.47 Å². The lowest BCUT2D eigenvalue weighted by Crippen LogP contribution is -2.26. The number of anilines is 1. The number of benzene rings is 2. The predicted molar refractivity (Wildman–Crippen MR) is 107 cm³/mol. The first-order valence-electron chi connectivity index (χ1n) is 8.15. The molecule has 0 atom stereocenters. The molecule has 1 amide bonds. The van der Waals surface area contributed by atoms with Crippen LogP contribution in [0.1, 0.15) is 13.3 Å². The molecule has 0 unspecified atom stereocenters. The SMILES string of the molecule is COc1ccc(Br)cc1S(=O)(=O)NCCCOc1cccc(NC(C)=O)c1. The Kier molecular flexibility index (Phi) is 7.64. The highest BCUT2D eigenvalue weighted by atomic mass is 79.9. The molecule has 0 aliphatic carbocycles. The number of nitrogens with one attached hydrogen (secondary N) is 2. The third-order valence-corrected chi connectivity index (χ3v) is 5.43. The molecular weight excluding hydrogens is 436 g/mol. The normalized spacial score (nSPS) is 11.1. The molecule has 0 spiro atoms. The van der Waals surface area contributed by atoms with E-state index in [1.165, 1.54) is 20.1 Å². The summed E-state index contributed by atoms with van der Waals surface area (Å²) in [6, 6.07) is 11.8. The van der Waals surface area contributed by atoms with Crippen molar-refractivity contribution < 1.29 is 22.7 Å². The van der Waals surface area contributed by atoms with Gasteiger partial charge in [0.1, 0.15) is 16.4 Å². The highest BCUT2D eigenvalue weighted by Gasteiger charge is 2.19. The van der Waals surface area contributed by atoms with Crippen molar-refractivity contribution in [3.63, 3.8) is 0 Å². The zero-order chi connectivity index (χ0) is 19.9. The van der Waals surface area contributed by atoms with Gasteiger partial charge in [0.15, 0.2) is 0 Å². The molecule has 27 heavy (non-hydrogen) atoms. The highest BCUT2D eigenvalue weighted by molar-refractivity contribution is 9.10. The fourth-order valence-electron chi connectivity index (χ4n) is 2.27. The lowest BCUT2D eigenvalue weighted by atomic mass is 10.3. The Balaban J connectivity index is 1.86. The minimum absolute atomic E-state index is 0.0725. The van der Waals surface area contributed by atoms with Crippen LogP contribution in [-0.2, 0) is 14.8 Å². The van der Waals surface area contributed by atoms with Gasteiger partial charge >= 0.3 is 0 Å². The van der Waals surface area contributed by atoms with E-state index in [1.807, 2.05) is 0 Å². The number of hydrogen-bond acceptors (Lipinski definition) is 5. The second kappa shape index (κ2) is 9.72. The van der Waals surface area contributed by atoms with Crippen LogP contribution in [-0.4, -0.2) is 34.6 Å². The highest BCUT2D eigenvalue weighted by Crippen LogP contribution is 2.27. The molecule has 0 saturated heterocycles. The zero-order valence-electron chi connectivity index (χ0n) is 15.0. The molecule has 2 rings (SSSR count). The second-order valence-electron chi connectivity index (χ2n) is 5.60. The van der Waals surface area contributed by atoms with E-state index in [0.29, 0.717) is 28.9 Å². The quantitative estimate of drug-likeness (QED) is 0.565. The van der Waals surface area contributed by atoms with E-state index in [9.17, 15) is 13.2 Å². The van der Waals surface area contributed by atoms with Crippen LogP contribution >= 0.6 is 15.9 Å². The third kappa shape index (κ3) is 6.53. The average Bonchev–Trinajstić information content (AvgIpc) is 2.61. The molecule has 9 heteroatoms. The number of hydrogen-bond donors (Lipinski definition) is 2. The second-order valence-corrected chi connectivity index (χ2v) is 8.26. The van der Waals surface area contributed by atoms with Crippen LogP contribution < -0.4 is 19.5 Å². The van der Waals surface area contributed by atoms with Crippen molar-refractivity contribution in [2.45, 2.75) is 18.2 Å². The Bertz CT molecular complexity index is 902. The van der Waals surface area contributed by atoms with E-state index in [0.717, 1.165) is 0 Å². The summed E-state index contributed by atoms with van der Waals surface area (Å²) >= 11 is 3.26. The Morgan fingerprint density at radius 2 is 1.96 bits per heavy atom. The maximum absolute atomic E-state index is 12.5. The monoisotopic (exact) mass is 456 g/mol. The molecule has 0 aliphatic rings. The van der Waals surface area contributed by atoms with E-state index in [-0.39, 0.29) is 23.1 Å². The van der Waals surface area contributed by atoms with Gasteiger partial charge in [-0.1, -0.05) is 22.0 Å². The van der Waals surface area contributed by atoms with Crippen LogP contribution in [0.4, 0.5) is 5.69 Å². The molecule has 0 fully saturated rings. The lowest BCUT2D eigenvalue weighted by molar-refractivity contribution is -0.114. The summed E-state index contributed by atoms with van der Waals surface area (Å²) in [4.78, 5) is 11.1. The molecule has 0 aliphatic heterocycles. The van der Waals surface area contributed by atoms with E-state index >= 15 is 0 Å². The number of carbonyl (C=O) groups is 1. The minimum Gasteiger partial charge on any atom is -0.495 e. The summed E-state index contributed by atoms with van der Waals surface area (Å²) in [5.41, 5.74) is 0.641. The molecule has 2 aromatic rings. The van der Waals surface area contributed by atoms with Crippen LogP contribution in [0.2, 0.25) is 0 Å². The molecule has 0 saturated carbocycles. The van der Waals surface area contributed by atoms with Crippen molar-refractivity contribution in [1.29, 1.82) is 0 Å². The van der Waals surface area contributed by atoms with Gasteiger partial charge in [-0.3, -0.25) is 4.79 Å². The van der Waals surface area contributed by atoms with Gasteiger partial charge in [0.2, 0.25) is 15.9 Å². The van der Waals surface area contributed by atoms with Crippen LogP contribution in [0.3, 0.4) is 0 Å². The van der Waals surface area contributed by atoms with Crippen molar-refractivity contribution in [3.05, 3.63) is 46.9 Å². The molecule has 0 heterocycles. The van der Waals surface area contributed by atoms with E-state index in [2.05, 4.69) is 26.0 Å². The smallest absolute Gasteiger partial charge is 0.244 e. The van der Waals surface area contributed by atoms with E-state index in [1.54, 1.807) is 36.4 Å². The maximum Gasteiger partial charge on any atom is 0.244 e. The van der Waals surface area contributed by atoms with Gasteiger partial charge < -0.3 is 14.8 Å². The summed E-state index contributed by atoms with van der Waals surface area (Å²) in [5, 5.41) is 2.67. The number of ether oxygens (including phenoxy) is 2. The van der Waals surface area contributed by atoms with Crippen LogP contribution in [0, 0.1) is 0 Å². The largest absolute Gasteiger partial charge is 0.495 e. The Morgan fingerprint density at radius 1 is 1.19 bits per heavy atom. The van der Waals surface area contributed by atoms with Gasteiger partial charge in [-0.15, -0.1) is 0 Å². The first-order valence-corrected chi connectivity index (χ1v) is 10.4. The van der Waals surface area contributed by atoms with Crippen molar-refractivity contribution in [3.8, 4) is 11.5 Å². The molecular formula is C18H21BrN2O5S. The maximum atomic E-state index is 12.5. The number of rotatable bonds is 9. The Hall–Kier alpha value is -2.10. The molecule has 146 valence electrons. The minimum atomic E-state index is -3.70. The van der Waals surface area contributed by atoms with Gasteiger partial charge in [0.05, 0.1) is 13.7 Å². The fraction of sp³-hybridized carbons (Fsp3) is 0.278. The summed E-state index contributed by atoms with van der Waals surface area (Å²) < 4.78 is 38.8. The zero-order valence-corrected chi connectivity index (χ0v) is 17.4. The Morgan fingerprint density at radius 3 is 2.67 bits per heavy atom. The molecule has 0 aromatic heterocycles. The predicted octanol–water partition coefficient (Wildman–Crippen LogP) is 3.16. The molecule has 0 bridgehead atoms. The molecule has 0 radical (unpaired) electrons. The van der Waals surface area contributed by atoms with Crippen molar-refractivity contribution in [2.24, 2.45) is 0 Å². The number of methoxy groups -OCH3 is 1. The number of halogens is 1. The molecule has 2 N–H and O–H groups in total. The van der Waals surface area contributed by atoms with E-state index < -0.39 is 10.0 Å². The summed E-state index contributed by atoms with van der Waals surface area (Å²) in [6.45, 7) is 1.96. The molecule has 2 aromatic carbocycles. The first-order chi connectivity index (χ1) is 12.8. The summed E-state index contributed by atoms with van der Waals surface area (Å²) in [6.07, 6.45) is 0.472.